The number of halogens is 4. The first-order chi connectivity index (χ1) is 13.6. The summed E-state index contributed by atoms with van der Waals surface area (Å²) >= 11 is 6.38. The minimum absolute atomic E-state index is 0.248. The van der Waals surface area contributed by atoms with E-state index in [0.29, 0.717) is 45.9 Å². The van der Waals surface area contributed by atoms with Gasteiger partial charge in [0.1, 0.15) is 0 Å². The third kappa shape index (κ3) is 5.18. The predicted octanol–water partition coefficient (Wildman–Crippen LogP) is 7.03. The number of aromatic nitrogens is 2. The largest absolute Gasteiger partial charge is 0.490 e. The molecule has 3 nitrogen and oxygen atoms in total. The summed E-state index contributed by atoms with van der Waals surface area (Å²) in [5, 5.41) is 0.979. The van der Waals surface area contributed by atoms with E-state index in [9.17, 15) is 13.2 Å². The van der Waals surface area contributed by atoms with Crippen LogP contribution in [0.1, 0.15) is 32.8 Å². The van der Waals surface area contributed by atoms with Crippen molar-refractivity contribution in [2.24, 2.45) is 11.8 Å². The lowest BCUT2D eigenvalue weighted by molar-refractivity contribution is -0.137. The molecule has 0 bridgehead atoms. The van der Waals surface area contributed by atoms with Gasteiger partial charge in [0.2, 0.25) is 0 Å². The third-order valence-corrected chi connectivity index (χ3v) is 4.86. The maximum atomic E-state index is 13.0. The fourth-order valence-electron chi connectivity index (χ4n) is 3.32. The van der Waals surface area contributed by atoms with Crippen LogP contribution in [-0.4, -0.2) is 16.6 Å². The molecule has 2 heterocycles. The summed E-state index contributed by atoms with van der Waals surface area (Å²) in [6.07, 6.45) is -0.354. The second kappa shape index (κ2) is 8.57. The van der Waals surface area contributed by atoms with Crippen molar-refractivity contribution in [3.8, 4) is 17.0 Å². The Labute approximate surface area is 172 Å². The van der Waals surface area contributed by atoms with Crippen LogP contribution >= 0.6 is 11.6 Å². The van der Waals surface area contributed by atoms with Gasteiger partial charge >= 0.3 is 6.18 Å². The highest BCUT2D eigenvalue weighted by Crippen LogP contribution is 2.35. The van der Waals surface area contributed by atoms with Gasteiger partial charge in [-0.25, -0.2) is 0 Å². The SMILES string of the molecule is CC(C)CC(C)COc1cnc(-c2ccnc3cc(C(F)(F)F)ccc23)cc1Cl. The zero-order chi connectivity index (χ0) is 21.2. The number of ether oxygens (including phenoxy) is 1. The van der Waals surface area contributed by atoms with Crippen molar-refractivity contribution in [2.45, 2.75) is 33.4 Å². The number of pyridine rings is 2. The summed E-state index contributed by atoms with van der Waals surface area (Å²) < 4.78 is 44.7. The fourth-order valence-corrected chi connectivity index (χ4v) is 3.53. The van der Waals surface area contributed by atoms with Crippen molar-refractivity contribution >= 4 is 22.5 Å². The molecule has 0 aliphatic carbocycles. The quantitative estimate of drug-likeness (QED) is 0.427. The van der Waals surface area contributed by atoms with E-state index in [2.05, 4.69) is 30.7 Å². The van der Waals surface area contributed by atoms with Gasteiger partial charge in [0.05, 0.1) is 34.6 Å². The van der Waals surface area contributed by atoms with E-state index < -0.39 is 11.7 Å². The number of nitrogens with zero attached hydrogens (tertiary/aromatic N) is 2. The van der Waals surface area contributed by atoms with Gasteiger partial charge < -0.3 is 4.74 Å². The number of hydrogen-bond acceptors (Lipinski definition) is 3. The Balaban J connectivity index is 1.87. The van der Waals surface area contributed by atoms with Gasteiger partial charge in [-0.1, -0.05) is 38.4 Å². The van der Waals surface area contributed by atoms with E-state index in [-0.39, 0.29) is 5.52 Å². The van der Waals surface area contributed by atoms with Gasteiger partial charge in [-0.15, -0.1) is 0 Å². The summed E-state index contributed by atoms with van der Waals surface area (Å²) in [5.41, 5.74) is 0.716. The second-order valence-electron chi connectivity index (χ2n) is 7.63. The molecule has 0 aliphatic heterocycles. The summed E-state index contributed by atoms with van der Waals surface area (Å²) in [4.78, 5) is 8.48. The van der Waals surface area contributed by atoms with Crippen LogP contribution in [0.4, 0.5) is 13.2 Å². The first-order valence-corrected chi connectivity index (χ1v) is 9.77. The summed E-state index contributed by atoms with van der Waals surface area (Å²) in [6.45, 7) is 6.98. The Morgan fingerprint density at radius 2 is 1.83 bits per heavy atom. The third-order valence-electron chi connectivity index (χ3n) is 4.56. The normalized spacial score (nSPS) is 13.1. The van der Waals surface area contributed by atoms with Crippen LogP contribution < -0.4 is 4.74 Å². The van der Waals surface area contributed by atoms with Crippen LogP contribution in [0.15, 0.2) is 42.7 Å². The first-order valence-electron chi connectivity index (χ1n) is 9.40. The predicted molar refractivity (Wildman–Crippen MR) is 109 cm³/mol. The van der Waals surface area contributed by atoms with E-state index in [1.54, 1.807) is 18.3 Å². The van der Waals surface area contributed by atoms with Crippen LogP contribution in [-0.2, 0) is 6.18 Å². The summed E-state index contributed by atoms with van der Waals surface area (Å²) in [7, 11) is 0. The molecule has 3 rings (SSSR count). The molecular weight excluding hydrogens is 401 g/mol. The van der Waals surface area contributed by atoms with E-state index in [4.69, 9.17) is 16.3 Å². The molecular formula is C22H22ClF3N2O. The molecule has 29 heavy (non-hydrogen) atoms. The van der Waals surface area contributed by atoms with E-state index >= 15 is 0 Å². The molecule has 1 atom stereocenters. The molecule has 0 saturated carbocycles. The molecule has 0 fully saturated rings. The molecule has 0 amide bonds. The van der Waals surface area contributed by atoms with Crippen LogP contribution in [0.5, 0.6) is 5.75 Å². The average Bonchev–Trinajstić information content (AvgIpc) is 2.64. The summed E-state index contributed by atoms with van der Waals surface area (Å²) in [5.74, 6) is 1.46. The van der Waals surface area contributed by atoms with Gasteiger partial charge in [-0.3, -0.25) is 9.97 Å². The van der Waals surface area contributed by atoms with Crippen molar-refractivity contribution in [1.29, 1.82) is 0 Å². The maximum Gasteiger partial charge on any atom is 0.416 e. The molecule has 0 saturated heterocycles. The van der Waals surface area contributed by atoms with Gasteiger partial charge in [-0.2, -0.15) is 13.2 Å². The number of rotatable bonds is 6. The van der Waals surface area contributed by atoms with Gasteiger partial charge in [0.15, 0.2) is 5.75 Å². The zero-order valence-corrected chi connectivity index (χ0v) is 17.2. The fraction of sp³-hybridized carbons (Fsp3) is 0.364. The number of fused-ring (bicyclic) bond motifs is 1. The highest BCUT2D eigenvalue weighted by Gasteiger charge is 2.30. The molecule has 1 unspecified atom stereocenters. The minimum atomic E-state index is -4.42. The molecule has 0 aliphatic rings. The van der Waals surface area contributed by atoms with Crippen LogP contribution in [0.2, 0.25) is 5.02 Å². The first kappa shape index (κ1) is 21.4. The highest BCUT2D eigenvalue weighted by molar-refractivity contribution is 6.32. The van der Waals surface area contributed by atoms with E-state index in [1.807, 2.05) is 0 Å². The highest BCUT2D eigenvalue weighted by atomic mass is 35.5. The van der Waals surface area contributed by atoms with E-state index in [0.717, 1.165) is 18.6 Å². The Morgan fingerprint density at radius 3 is 2.48 bits per heavy atom. The van der Waals surface area contributed by atoms with Crippen molar-refractivity contribution in [3.63, 3.8) is 0 Å². The Morgan fingerprint density at radius 1 is 1.07 bits per heavy atom. The van der Waals surface area contributed by atoms with Gasteiger partial charge in [-0.05, 0) is 42.5 Å². The van der Waals surface area contributed by atoms with Gasteiger partial charge in [0, 0.05) is 17.1 Å². The number of benzene rings is 1. The molecule has 0 spiro atoms. The lowest BCUT2D eigenvalue weighted by Gasteiger charge is -2.16. The zero-order valence-electron chi connectivity index (χ0n) is 16.4. The minimum Gasteiger partial charge on any atom is -0.490 e. The lowest BCUT2D eigenvalue weighted by Crippen LogP contribution is -2.11. The van der Waals surface area contributed by atoms with Gasteiger partial charge in [0.25, 0.3) is 0 Å². The Kier molecular flexibility index (Phi) is 6.32. The molecule has 7 heteroatoms. The second-order valence-corrected chi connectivity index (χ2v) is 8.04. The van der Waals surface area contributed by atoms with Crippen molar-refractivity contribution in [2.75, 3.05) is 6.61 Å². The Hall–Kier alpha value is -2.34. The number of alkyl halides is 3. The molecule has 0 radical (unpaired) electrons. The van der Waals surface area contributed by atoms with Crippen LogP contribution in [0, 0.1) is 11.8 Å². The van der Waals surface area contributed by atoms with Crippen LogP contribution in [0.3, 0.4) is 0 Å². The monoisotopic (exact) mass is 422 g/mol. The molecule has 154 valence electrons. The maximum absolute atomic E-state index is 13.0. The topological polar surface area (TPSA) is 35.0 Å². The average molecular weight is 423 g/mol. The van der Waals surface area contributed by atoms with Crippen molar-refractivity contribution in [3.05, 3.63) is 53.3 Å². The molecule has 0 N–H and O–H groups in total. The Bertz CT molecular complexity index is 1010. The number of hydrogen-bond donors (Lipinski definition) is 0. The van der Waals surface area contributed by atoms with E-state index in [1.165, 1.54) is 12.3 Å². The smallest absolute Gasteiger partial charge is 0.416 e. The summed E-state index contributed by atoms with van der Waals surface area (Å²) in [6, 6.07) is 6.86. The molecule has 3 aromatic rings. The van der Waals surface area contributed by atoms with Crippen molar-refractivity contribution < 1.29 is 17.9 Å². The molecule has 2 aromatic heterocycles. The lowest BCUT2D eigenvalue weighted by atomic mass is 10.00. The van der Waals surface area contributed by atoms with Crippen molar-refractivity contribution in [1.82, 2.24) is 9.97 Å². The van der Waals surface area contributed by atoms with Crippen LogP contribution in [0.25, 0.3) is 22.2 Å². The standard InChI is InChI=1S/C22H22ClF3N2O/c1-13(2)8-14(3)12-29-21-11-28-20(10-18(21)23)17-6-7-27-19-9-15(22(24,25)26)4-5-16(17)19/h4-7,9-11,13-14H,8,12H2,1-3H3. The molecule has 1 aromatic carbocycles.